The first kappa shape index (κ1) is 21.4. The Kier molecular flexibility index (Phi) is 5.13. The molecule has 164 valence electrons. The van der Waals surface area contributed by atoms with Gasteiger partial charge in [0, 0.05) is 18.6 Å². The van der Waals surface area contributed by atoms with Crippen LogP contribution in [0.25, 0.3) is 21.5 Å². The third kappa shape index (κ3) is 3.94. The molecule has 0 N–H and O–H groups in total. The van der Waals surface area contributed by atoms with Gasteiger partial charge in [0.2, 0.25) is 0 Å². The van der Waals surface area contributed by atoms with Crippen LogP contribution in [0.1, 0.15) is 19.5 Å². The maximum Gasteiger partial charge on any atom is 0.433 e. The zero-order chi connectivity index (χ0) is 22.6. The van der Waals surface area contributed by atoms with E-state index in [-0.39, 0.29) is 16.0 Å². The van der Waals surface area contributed by atoms with Crippen LogP contribution in [0.15, 0.2) is 52.9 Å². The summed E-state index contributed by atoms with van der Waals surface area (Å²) in [6, 6.07) is 10.5. The molecule has 0 spiro atoms. The molecule has 31 heavy (non-hydrogen) atoms. The predicted molar refractivity (Wildman–Crippen MR) is 112 cm³/mol. The highest BCUT2D eigenvalue weighted by Gasteiger charge is 2.35. The van der Waals surface area contributed by atoms with E-state index < -0.39 is 21.9 Å². The first-order valence-electron chi connectivity index (χ1n) is 9.21. The molecule has 0 saturated carbocycles. The molecule has 3 aromatic heterocycles. The van der Waals surface area contributed by atoms with Gasteiger partial charge >= 0.3 is 6.18 Å². The van der Waals surface area contributed by atoms with E-state index in [1.807, 2.05) is 13.8 Å². The minimum Gasteiger partial charge on any atom is -0.491 e. The quantitative estimate of drug-likeness (QED) is 0.406. The summed E-state index contributed by atoms with van der Waals surface area (Å²) in [5.41, 5.74) is -0.367. The van der Waals surface area contributed by atoms with Gasteiger partial charge in [-0.05, 0) is 56.3 Å². The molecule has 0 aliphatic carbocycles. The number of hydrogen-bond donors (Lipinski definition) is 0. The van der Waals surface area contributed by atoms with E-state index in [0.29, 0.717) is 21.5 Å². The number of aromatic nitrogens is 3. The van der Waals surface area contributed by atoms with Crippen molar-refractivity contribution in [2.75, 3.05) is 0 Å². The Morgan fingerprint density at radius 1 is 1.10 bits per heavy atom. The van der Waals surface area contributed by atoms with E-state index in [2.05, 4.69) is 5.10 Å². The van der Waals surface area contributed by atoms with E-state index in [1.54, 1.807) is 24.3 Å². The predicted octanol–water partition coefficient (Wildman–Crippen LogP) is 5.15. The molecule has 0 aliphatic rings. The number of nitrogens with zero attached hydrogens (tertiary/aromatic N) is 3. The minimum absolute atomic E-state index is 0.00159. The van der Waals surface area contributed by atoms with Crippen molar-refractivity contribution in [1.82, 2.24) is 13.8 Å². The highest BCUT2D eigenvalue weighted by molar-refractivity contribution is 7.92. The Morgan fingerprint density at radius 2 is 1.84 bits per heavy atom. The molecule has 0 unspecified atom stereocenters. The highest BCUT2D eigenvalue weighted by atomic mass is 32.2. The SMILES string of the molecule is CC(C)Oc1ccc2c(ccn2S(=O)(=O)c2ccc(-c3cc(C(F)(F)F)n(C)n3)s2)c1. The van der Waals surface area contributed by atoms with E-state index in [0.717, 1.165) is 26.1 Å². The second kappa shape index (κ2) is 7.41. The zero-order valence-electron chi connectivity index (χ0n) is 16.7. The molecule has 4 aromatic rings. The van der Waals surface area contributed by atoms with Gasteiger partial charge in [-0.1, -0.05) is 0 Å². The number of rotatable bonds is 5. The summed E-state index contributed by atoms with van der Waals surface area (Å²) >= 11 is 0.867. The minimum atomic E-state index is -4.55. The van der Waals surface area contributed by atoms with Crippen LogP contribution in [-0.2, 0) is 23.2 Å². The summed E-state index contributed by atoms with van der Waals surface area (Å²) in [6.07, 6.45) is -3.12. The molecule has 0 aliphatic heterocycles. The molecule has 0 fully saturated rings. The molecule has 0 atom stereocenters. The van der Waals surface area contributed by atoms with Crippen molar-refractivity contribution in [3.05, 3.63) is 54.4 Å². The third-order valence-corrected chi connectivity index (χ3v) is 7.78. The van der Waals surface area contributed by atoms with Gasteiger partial charge in [0.15, 0.2) is 0 Å². The number of fused-ring (bicyclic) bond motifs is 1. The lowest BCUT2D eigenvalue weighted by molar-refractivity contribution is -0.143. The average Bonchev–Trinajstić information content (AvgIpc) is 3.37. The maximum absolute atomic E-state index is 13.2. The van der Waals surface area contributed by atoms with Crippen molar-refractivity contribution in [3.8, 4) is 16.3 Å². The molecule has 0 amide bonds. The lowest BCUT2D eigenvalue weighted by Gasteiger charge is -2.10. The van der Waals surface area contributed by atoms with Gasteiger partial charge in [-0.2, -0.15) is 26.7 Å². The summed E-state index contributed by atoms with van der Waals surface area (Å²) in [5.74, 6) is 0.631. The molecule has 0 radical (unpaired) electrons. The van der Waals surface area contributed by atoms with Crippen LogP contribution in [0.2, 0.25) is 0 Å². The van der Waals surface area contributed by atoms with Crippen LogP contribution in [0.3, 0.4) is 0 Å². The van der Waals surface area contributed by atoms with Crippen LogP contribution < -0.4 is 4.74 Å². The van der Waals surface area contributed by atoms with Crippen LogP contribution >= 0.6 is 11.3 Å². The zero-order valence-corrected chi connectivity index (χ0v) is 18.3. The largest absolute Gasteiger partial charge is 0.491 e. The number of alkyl halides is 3. The lowest BCUT2D eigenvalue weighted by atomic mass is 10.2. The average molecular weight is 470 g/mol. The van der Waals surface area contributed by atoms with Crippen LogP contribution in [0, 0.1) is 0 Å². The Hall–Kier alpha value is -2.79. The molecular formula is C20H18F3N3O3S2. The summed E-state index contributed by atoms with van der Waals surface area (Å²) < 4.78 is 73.0. The van der Waals surface area contributed by atoms with Gasteiger partial charge < -0.3 is 4.74 Å². The van der Waals surface area contributed by atoms with Gasteiger partial charge in [-0.25, -0.2) is 3.97 Å². The monoisotopic (exact) mass is 469 g/mol. The maximum atomic E-state index is 13.2. The first-order chi connectivity index (χ1) is 14.5. The lowest BCUT2D eigenvalue weighted by Crippen LogP contribution is -2.11. The summed E-state index contributed by atoms with van der Waals surface area (Å²) in [5, 5.41) is 4.57. The fourth-order valence-corrected chi connectivity index (χ4v) is 5.90. The normalized spacial score (nSPS) is 12.7. The summed E-state index contributed by atoms with van der Waals surface area (Å²) in [7, 11) is -2.74. The van der Waals surface area contributed by atoms with Gasteiger partial charge in [0.05, 0.1) is 16.5 Å². The Labute approximate surface area is 180 Å². The van der Waals surface area contributed by atoms with Crippen LogP contribution in [0.5, 0.6) is 5.75 Å². The Bertz CT molecular complexity index is 1370. The van der Waals surface area contributed by atoms with Crippen molar-refractivity contribution >= 4 is 32.3 Å². The Morgan fingerprint density at radius 3 is 2.48 bits per heavy atom. The van der Waals surface area contributed by atoms with E-state index in [1.165, 1.54) is 25.4 Å². The first-order valence-corrected chi connectivity index (χ1v) is 11.5. The molecule has 6 nitrogen and oxygen atoms in total. The second-order valence-corrected chi connectivity index (χ2v) is 10.3. The van der Waals surface area contributed by atoms with Crippen molar-refractivity contribution in [2.45, 2.75) is 30.3 Å². The van der Waals surface area contributed by atoms with Crippen molar-refractivity contribution in [3.63, 3.8) is 0 Å². The number of halogens is 3. The fourth-order valence-electron chi connectivity index (χ4n) is 3.20. The van der Waals surface area contributed by atoms with Gasteiger partial charge in [-0.3, -0.25) is 4.68 Å². The number of aryl methyl sites for hydroxylation is 1. The van der Waals surface area contributed by atoms with E-state index >= 15 is 0 Å². The van der Waals surface area contributed by atoms with Gasteiger partial charge in [0.1, 0.15) is 21.3 Å². The second-order valence-electron chi connectivity index (χ2n) is 7.16. The van der Waals surface area contributed by atoms with Crippen molar-refractivity contribution < 1.29 is 26.3 Å². The van der Waals surface area contributed by atoms with E-state index in [9.17, 15) is 21.6 Å². The van der Waals surface area contributed by atoms with Gasteiger partial charge in [0.25, 0.3) is 10.0 Å². The molecule has 1 aromatic carbocycles. The third-order valence-electron chi connectivity index (χ3n) is 4.51. The molecule has 0 bridgehead atoms. The number of thiophene rings is 1. The van der Waals surface area contributed by atoms with Gasteiger partial charge in [-0.15, -0.1) is 11.3 Å². The number of benzene rings is 1. The molecular weight excluding hydrogens is 451 g/mol. The fraction of sp³-hybridized carbons (Fsp3) is 0.250. The van der Waals surface area contributed by atoms with Crippen molar-refractivity contribution in [1.29, 1.82) is 0 Å². The van der Waals surface area contributed by atoms with Crippen LogP contribution in [0.4, 0.5) is 13.2 Å². The topological polar surface area (TPSA) is 66.1 Å². The molecule has 11 heteroatoms. The standard InChI is InChI=1S/C20H18F3N3O3S2/c1-12(2)29-14-4-5-16-13(10-14)8-9-26(16)31(27,28)19-7-6-17(30-19)15-11-18(20(21,22)23)25(3)24-15/h4-12H,1-3H3. The molecule has 0 saturated heterocycles. The molecule has 4 rings (SSSR count). The molecule has 3 heterocycles. The van der Waals surface area contributed by atoms with Crippen molar-refractivity contribution in [2.24, 2.45) is 7.05 Å². The number of hydrogen-bond acceptors (Lipinski definition) is 5. The summed E-state index contributed by atoms with van der Waals surface area (Å²) in [4.78, 5) is 0.328. The highest BCUT2D eigenvalue weighted by Crippen LogP contribution is 2.36. The Balaban J connectivity index is 1.70. The van der Waals surface area contributed by atoms with E-state index in [4.69, 9.17) is 4.74 Å². The summed E-state index contributed by atoms with van der Waals surface area (Å²) in [6.45, 7) is 3.79. The number of ether oxygens (including phenoxy) is 1. The van der Waals surface area contributed by atoms with Crippen LogP contribution in [-0.4, -0.2) is 28.3 Å². The smallest absolute Gasteiger partial charge is 0.433 e.